The summed E-state index contributed by atoms with van der Waals surface area (Å²) in [6, 6.07) is 3.79. The van der Waals surface area contributed by atoms with Crippen LogP contribution < -0.4 is 5.73 Å². The first kappa shape index (κ1) is 9.29. The second kappa shape index (κ2) is 4.28. The first-order valence-corrected chi connectivity index (χ1v) is 4.29. The molecule has 68 valence electrons. The van der Waals surface area contributed by atoms with Crippen molar-refractivity contribution in [1.29, 1.82) is 0 Å². The van der Waals surface area contributed by atoms with Crippen LogP contribution in [0, 0.1) is 5.92 Å². The van der Waals surface area contributed by atoms with Crippen molar-refractivity contribution in [1.82, 2.24) is 4.98 Å². The van der Waals surface area contributed by atoms with Crippen molar-refractivity contribution in [3.8, 4) is 0 Å². The quantitative estimate of drug-likeness (QED) is 0.629. The molecule has 0 spiro atoms. The Morgan fingerprint density at radius 1 is 1.67 bits per heavy atom. The summed E-state index contributed by atoms with van der Waals surface area (Å²) >= 11 is 0. The molecule has 4 N–H and O–H groups in total. The minimum absolute atomic E-state index is 0.0741. The molecule has 0 saturated carbocycles. The third kappa shape index (κ3) is 1.87. The molecule has 1 rings (SSSR count). The smallest absolute Gasteiger partial charge is 0.0498 e. The van der Waals surface area contributed by atoms with E-state index in [0.717, 1.165) is 12.1 Å². The molecular formula is C9H16N2O. The number of rotatable bonds is 4. The highest BCUT2D eigenvalue weighted by molar-refractivity contribution is 5.09. The van der Waals surface area contributed by atoms with Gasteiger partial charge < -0.3 is 15.8 Å². The summed E-state index contributed by atoms with van der Waals surface area (Å²) in [5.41, 5.74) is 6.91. The van der Waals surface area contributed by atoms with Gasteiger partial charge in [0.25, 0.3) is 0 Å². The zero-order chi connectivity index (χ0) is 8.97. The highest BCUT2D eigenvalue weighted by atomic mass is 16.3. The van der Waals surface area contributed by atoms with Gasteiger partial charge in [-0.3, -0.25) is 0 Å². The van der Waals surface area contributed by atoms with Gasteiger partial charge in [-0.15, -0.1) is 0 Å². The van der Waals surface area contributed by atoms with Crippen LogP contribution in [0.2, 0.25) is 0 Å². The SMILES string of the molecule is CCC(CO)C(N)c1ccc[nH]1. The van der Waals surface area contributed by atoms with Crippen LogP contribution in [0.15, 0.2) is 18.3 Å². The van der Waals surface area contributed by atoms with Crippen molar-refractivity contribution in [3.63, 3.8) is 0 Å². The molecule has 2 unspecified atom stereocenters. The van der Waals surface area contributed by atoms with E-state index in [4.69, 9.17) is 10.8 Å². The van der Waals surface area contributed by atoms with Gasteiger partial charge in [0, 0.05) is 30.5 Å². The first-order chi connectivity index (χ1) is 5.79. The number of aliphatic hydroxyl groups is 1. The fraction of sp³-hybridized carbons (Fsp3) is 0.556. The Morgan fingerprint density at radius 2 is 2.42 bits per heavy atom. The van der Waals surface area contributed by atoms with Gasteiger partial charge in [-0.2, -0.15) is 0 Å². The molecule has 0 aromatic carbocycles. The van der Waals surface area contributed by atoms with Crippen LogP contribution in [0.4, 0.5) is 0 Å². The summed E-state index contributed by atoms with van der Waals surface area (Å²) in [5, 5.41) is 9.00. The van der Waals surface area contributed by atoms with E-state index in [0.29, 0.717) is 0 Å². The standard InChI is InChI=1S/C9H16N2O/c1-2-7(6-12)9(10)8-4-3-5-11-8/h3-5,7,9,11-12H,2,6,10H2,1H3. The van der Waals surface area contributed by atoms with Crippen LogP contribution in [-0.4, -0.2) is 16.7 Å². The molecule has 1 aromatic rings. The van der Waals surface area contributed by atoms with Crippen LogP contribution in [0.25, 0.3) is 0 Å². The van der Waals surface area contributed by atoms with E-state index in [1.807, 2.05) is 25.3 Å². The number of nitrogens with two attached hydrogens (primary N) is 1. The molecule has 3 heteroatoms. The minimum atomic E-state index is -0.0741. The summed E-state index contributed by atoms with van der Waals surface area (Å²) in [7, 11) is 0. The maximum atomic E-state index is 9.00. The van der Waals surface area contributed by atoms with Crippen molar-refractivity contribution in [3.05, 3.63) is 24.0 Å². The van der Waals surface area contributed by atoms with Gasteiger partial charge in [0.1, 0.15) is 0 Å². The van der Waals surface area contributed by atoms with Crippen LogP contribution in [0.5, 0.6) is 0 Å². The number of hydrogen-bond acceptors (Lipinski definition) is 2. The van der Waals surface area contributed by atoms with Crippen molar-refractivity contribution in [2.45, 2.75) is 19.4 Å². The van der Waals surface area contributed by atoms with Crippen molar-refractivity contribution >= 4 is 0 Å². The van der Waals surface area contributed by atoms with Crippen LogP contribution >= 0.6 is 0 Å². The molecule has 0 aliphatic carbocycles. The van der Waals surface area contributed by atoms with E-state index >= 15 is 0 Å². The molecular weight excluding hydrogens is 152 g/mol. The number of aromatic amines is 1. The van der Waals surface area contributed by atoms with Gasteiger partial charge >= 0.3 is 0 Å². The predicted molar refractivity (Wildman–Crippen MR) is 48.6 cm³/mol. The lowest BCUT2D eigenvalue weighted by Gasteiger charge is -2.18. The zero-order valence-electron chi connectivity index (χ0n) is 7.33. The summed E-state index contributed by atoms with van der Waals surface area (Å²) in [6.45, 7) is 2.18. The number of hydrogen-bond donors (Lipinski definition) is 3. The van der Waals surface area contributed by atoms with E-state index < -0.39 is 0 Å². The summed E-state index contributed by atoms with van der Waals surface area (Å²) in [6.07, 6.45) is 2.75. The lowest BCUT2D eigenvalue weighted by atomic mass is 9.96. The largest absolute Gasteiger partial charge is 0.396 e. The van der Waals surface area contributed by atoms with Gasteiger partial charge in [0.2, 0.25) is 0 Å². The fourth-order valence-electron chi connectivity index (χ4n) is 1.30. The Bertz CT molecular complexity index is 204. The van der Waals surface area contributed by atoms with E-state index in [9.17, 15) is 0 Å². The molecule has 0 aliphatic heterocycles. The average molecular weight is 168 g/mol. The van der Waals surface area contributed by atoms with Crippen LogP contribution in [0.1, 0.15) is 25.1 Å². The van der Waals surface area contributed by atoms with E-state index in [2.05, 4.69) is 4.98 Å². The Morgan fingerprint density at radius 3 is 2.83 bits per heavy atom. The maximum absolute atomic E-state index is 9.00. The lowest BCUT2D eigenvalue weighted by Crippen LogP contribution is -2.23. The monoisotopic (exact) mass is 168 g/mol. The molecule has 0 radical (unpaired) electrons. The van der Waals surface area contributed by atoms with Crippen LogP contribution in [-0.2, 0) is 0 Å². The van der Waals surface area contributed by atoms with E-state index in [1.54, 1.807) is 0 Å². The fourth-order valence-corrected chi connectivity index (χ4v) is 1.30. The highest BCUT2D eigenvalue weighted by Gasteiger charge is 2.16. The van der Waals surface area contributed by atoms with Gasteiger partial charge in [-0.05, 0) is 18.6 Å². The molecule has 1 aromatic heterocycles. The summed E-state index contributed by atoms with van der Waals surface area (Å²) < 4.78 is 0. The average Bonchev–Trinajstić information content (AvgIpc) is 2.58. The predicted octanol–water partition coefficient (Wildman–Crippen LogP) is 1.03. The molecule has 12 heavy (non-hydrogen) atoms. The number of nitrogens with one attached hydrogen (secondary N) is 1. The third-order valence-corrected chi connectivity index (χ3v) is 2.25. The summed E-state index contributed by atoms with van der Waals surface area (Å²) in [5.74, 6) is 0.156. The van der Waals surface area contributed by atoms with Crippen molar-refractivity contribution < 1.29 is 5.11 Å². The Balaban J connectivity index is 2.63. The molecule has 1 heterocycles. The lowest BCUT2D eigenvalue weighted by molar-refractivity contribution is 0.199. The number of aromatic nitrogens is 1. The molecule has 0 bridgehead atoms. The Labute approximate surface area is 72.6 Å². The van der Waals surface area contributed by atoms with Crippen LogP contribution in [0.3, 0.4) is 0 Å². The highest BCUT2D eigenvalue weighted by Crippen LogP contribution is 2.19. The Hall–Kier alpha value is -0.800. The molecule has 0 saturated heterocycles. The van der Waals surface area contributed by atoms with E-state index in [-0.39, 0.29) is 18.6 Å². The van der Waals surface area contributed by atoms with Gasteiger partial charge in [0.15, 0.2) is 0 Å². The topological polar surface area (TPSA) is 62.0 Å². The molecule has 0 fully saturated rings. The van der Waals surface area contributed by atoms with Gasteiger partial charge in [0.05, 0.1) is 0 Å². The molecule has 0 aliphatic rings. The van der Waals surface area contributed by atoms with Gasteiger partial charge in [-0.25, -0.2) is 0 Å². The van der Waals surface area contributed by atoms with Crippen molar-refractivity contribution in [2.75, 3.05) is 6.61 Å². The first-order valence-electron chi connectivity index (χ1n) is 4.29. The normalized spacial score (nSPS) is 15.9. The minimum Gasteiger partial charge on any atom is -0.396 e. The molecule has 3 nitrogen and oxygen atoms in total. The second-order valence-electron chi connectivity index (χ2n) is 3.00. The zero-order valence-corrected chi connectivity index (χ0v) is 7.33. The second-order valence-corrected chi connectivity index (χ2v) is 3.00. The van der Waals surface area contributed by atoms with Gasteiger partial charge in [-0.1, -0.05) is 6.92 Å². The number of H-pyrrole nitrogens is 1. The summed E-state index contributed by atoms with van der Waals surface area (Å²) in [4.78, 5) is 3.05. The third-order valence-electron chi connectivity index (χ3n) is 2.25. The molecule has 0 amide bonds. The Kier molecular flexibility index (Phi) is 3.31. The molecule has 2 atom stereocenters. The maximum Gasteiger partial charge on any atom is 0.0498 e. The van der Waals surface area contributed by atoms with E-state index in [1.165, 1.54) is 0 Å². The van der Waals surface area contributed by atoms with Crippen molar-refractivity contribution in [2.24, 2.45) is 11.7 Å². The number of aliphatic hydroxyl groups excluding tert-OH is 1.